The van der Waals surface area contributed by atoms with Crippen molar-refractivity contribution in [2.45, 2.75) is 38.0 Å². The molecule has 1 aliphatic carbocycles. The number of carbonyl (C=O) groups is 1. The SMILES string of the molecule is NCC1CCN(C(=O)C2CCC(c3ccccc3)CC2)C1. The number of carbonyl (C=O) groups excluding carboxylic acids is 1. The molecule has 1 saturated carbocycles. The third-order valence-electron chi connectivity index (χ3n) is 5.28. The average molecular weight is 286 g/mol. The Kier molecular flexibility index (Phi) is 4.59. The summed E-state index contributed by atoms with van der Waals surface area (Å²) in [5.41, 5.74) is 7.16. The minimum Gasteiger partial charge on any atom is -0.342 e. The van der Waals surface area contributed by atoms with Gasteiger partial charge in [0.05, 0.1) is 0 Å². The molecule has 1 aliphatic heterocycles. The lowest BCUT2D eigenvalue weighted by atomic mass is 9.78. The number of amides is 1. The van der Waals surface area contributed by atoms with E-state index < -0.39 is 0 Å². The maximum absolute atomic E-state index is 12.6. The van der Waals surface area contributed by atoms with Crippen molar-refractivity contribution < 1.29 is 4.79 Å². The van der Waals surface area contributed by atoms with E-state index in [1.807, 2.05) is 0 Å². The minimum atomic E-state index is 0.251. The number of hydrogen-bond acceptors (Lipinski definition) is 2. The van der Waals surface area contributed by atoms with Gasteiger partial charge in [-0.25, -0.2) is 0 Å². The number of nitrogens with two attached hydrogens (primary N) is 1. The molecule has 1 atom stereocenters. The van der Waals surface area contributed by atoms with Gasteiger partial charge in [0.25, 0.3) is 0 Å². The van der Waals surface area contributed by atoms with Gasteiger partial charge in [-0.05, 0) is 56.0 Å². The van der Waals surface area contributed by atoms with Crippen LogP contribution in [0.3, 0.4) is 0 Å². The number of likely N-dealkylation sites (tertiary alicyclic amines) is 1. The van der Waals surface area contributed by atoms with Crippen LogP contribution in [0.25, 0.3) is 0 Å². The van der Waals surface area contributed by atoms with Gasteiger partial charge in [-0.1, -0.05) is 30.3 Å². The van der Waals surface area contributed by atoms with E-state index in [0.29, 0.717) is 24.3 Å². The molecule has 3 nitrogen and oxygen atoms in total. The highest BCUT2D eigenvalue weighted by Crippen LogP contribution is 2.36. The Hall–Kier alpha value is -1.35. The van der Waals surface area contributed by atoms with Crippen molar-refractivity contribution in [3.63, 3.8) is 0 Å². The predicted molar refractivity (Wildman–Crippen MR) is 84.9 cm³/mol. The topological polar surface area (TPSA) is 46.3 Å². The Labute approximate surface area is 127 Å². The van der Waals surface area contributed by atoms with E-state index in [0.717, 1.165) is 45.2 Å². The van der Waals surface area contributed by atoms with Gasteiger partial charge >= 0.3 is 0 Å². The summed E-state index contributed by atoms with van der Waals surface area (Å²) in [7, 11) is 0. The lowest BCUT2D eigenvalue weighted by molar-refractivity contribution is -0.135. The smallest absolute Gasteiger partial charge is 0.225 e. The summed E-state index contributed by atoms with van der Waals surface area (Å²) < 4.78 is 0. The zero-order valence-electron chi connectivity index (χ0n) is 12.7. The molecule has 3 rings (SSSR count). The molecule has 0 radical (unpaired) electrons. The zero-order chi connectivity index (χ0) is 14.7. The maximum atomic E-state index is 12.6. The Bertz CT molecular complexity index is 465. The third kappa shape index (κ3) is 3.29. The third-order valence-corrected chi connectivity index (χ3v) is 5.28. The van der Waals surface area contributed by atoms with Crippen molar-refractivity contribution >= 4 is 5.91 Å². The second-order valence-electron chi connectivity index (χ2n) is 6.63. The van der Waals surface area contributed by atoms with Gasteiger partial charge in [-0.3, -0.25) is 4.79 Å². The summed E-state index contributed by atoms with van der Waals surface area (Å²) in [5, 5.41) is 0. The van der Waals surface area contributed by atoms with Gasteiger partial charge in [-0.2, -0.15) is 0 Å². The molecule has 2 aliphatic rings. The quantitative estimate of drug-likeness (QED) is 0.928. The first-order valence-electron chi connectivity index (χ1n) is 8.31. The van der Waals surface area contributed by atoms with E-state index in [1.165, 1.54) is 5.56 Å². The van der Waals surface area contributed by atoms with Gasteiger partial charge in [-0.15, -0.1) is 0 Å². The van der Waals surface area contributed by atoms with E-state index in [9.17, 15) is 4.79 Å². The van der Waals surface area contributed by atoms with Crippen molar-refractivity contribution in [3.05, 3.63) is 35.9 Å². The van der Waals surface area contributed by atoms with Gasteiger partial charge in [0, 0.05) is 19.0 Å². The summed E-state index contributed by atoms with van der Waals surface area (Å²) in [6.07, 6.45) is 5.47. The monoisotopic (exact) mass is 286 g/mol. The van der Waals surface area contributed by atoms with Crippen LogP contribution in [-0.2, 0) is 4.79 Å². The minimum absolute atomic E-state index is 0.251. The normalized spacial score (nSPS) is 29.6. The molecule has 3 heteroatoms. The molecule has 1 aromatic rings. The fraction of sp³-hybridized carbons (Fsp3) is 0.611. The molecule has 1 aromatic carbocycles. The Morgan fingerprint density at radius 2 is 1.81 bits per heavy atom. The standard InChI is InChI=1S/C18H26N2O/c19-12-14-10-11-20(13-14)18(21)17-8-6-16(7-9-17)15-4-2-1-3-5-15/h1-5,14,16-17H,6-13,19H2. The summed E-state index contributed by atoms with van der Waals surface area (Å²) >= 11 is 0. The van der Waals surface area contributed by atoms with Crippen LogP contribution in [0.5, 0.6) is 0 Å². The largest absolute Gasteiger partial charge is 0.342 e. The molecule has 2 fully saturated rings. The van der Waals surface area contributed by atoms with Crippen LogP contribution in [0.1, 0.15) is 43.6 Å². The lowest BCUT2D eigenvalue weighted by Crippen LogP contribution is -2.36. The summed E-state index contributed by atoms with van der Waals surface area (Å²) in [6, 6.07) is 10.7. The maximum Gasteiger partial charge on any atom is 0.225 e. The Morgan fingerprint density at radius 3 is 2.43 bits per heavy atom. The first kappa shape index (κ1) is 14.6. The molecule has 114 valence electrons. The van der Waals surface area contributed by atoms with E-state index in [-0.39, 0.29) is 5.92 Å². The van der Waals surface area contributed by atoms with Gasteiger partial charge in [0.2, 0.25) is 5.91 Å². The molecule has 1 saturated heterocycles. The molecule has 0 aromatic heterocycles. The molecule has 21 heavy (non-hydrogen) atoms. The second-order valence-corrected chi connectivity index (χ2v) is 6.63. The van der Waals surface area contributed by atoms with Crippen molar-refractivity contribution in [1.82, 2.24) is 4.90 Å². The Morgan fingerprint density at radius 1 is 1.10 bits per heavy atom. The van der Waals surface area contributed by atoms with E-state index in [2.05, 4.69) is 35.2 Å². The second kappa shape index (κ2) is 6.61. The van der Waals surface area contributed by atoms with Gasteiger partial charge < -0.3 is 10.6 Å². The predicted octanol–water partition coefficient (Wildman–Crippen LogP) is 2.77. The molecule has 1 heterocycles. The van der Waals surface area contributed by atoms with Crippen molar-refractivity contribution in [1.29, 1.82) is 0 Å². The van der Waals surface area contributed by atoms with Crippen LogP contribution in [0.15, 0.2) is 30.3 Å². The summed E-state index contributed by atoms with van der Waals surface area (Å²) in [6.45, 7) is 2.51. The molecule has 0 spiro atoms. The Balaban J connectivity index is 1.53. The fourth-order valence-electron chi connectivity index (χ4n) is 3.88. The van der Waals surface area contributed by atoms with Crippen molar-refractivity contribution in [3.8, 4) is 0 Å². The highest BCUT2D eigenvalue weighted by Gasteiger charge is 2.33. The van der Waals surface area contributed by atoms with Crippen LogP contribution in [0.2, 0.25) is 0 Å². The molecule has 1 amide bonds. The number of nitrogens with zero attached hydrogens (tertiary/aromatic N) is 1. The van der Waals surface area contributed by atoms with Gasteiger partial charge in [0.1, 0.15) is 0 Å². The fourth-order valence-corrected chi connectivity index (χ4v) is 3.88. The van der Waals surface area contributed by atoms with Crippen LogP contribution < -0.4 is 5.73 Å². The molecule has 1 unspecified atom stereocenters. The van der Waals surface area contributed by atoms with Crippen molar-refractivity contribution in [2.75, 3.05) is 19.6 Å². The molecule has 0 bridgehead atoms. The van der Waals surface area contributed by atoms with Gasteiger partial charge in [0.15, 0.2) is 0 Å². The highest BCUT2D eigenvalue weighted by atomic mass is 16.2. The van der Waals surface area contributed by atoms with E-state index in [1.54, 1.807) is 0 Å². The summed E-state index contributed by atoms with van der Waals surface area (Å²) in [5.74, 6) is 1.80. The molecular formula is C18H26N2O. The zero-order valence-corrected chi connectivity index (χ0v) is 12.7. The average Bonchev–Trinajstić information content (AvgIpc) is 3.04. The number of benzene rings is 1. The van der Waals surface area contributed by atoms with E-state index in [4.69, 9.17) is 5.73 Å². The molecular weight excluding hydrogens is 260 g/mol. The number of hydrogen-bond donors (Lipinski definition) is 1. The molecule has 2 N–H and O–H groups in total. The lowest BCUT2D eigenvalue weighted by Gasteiger charge is -2.30. The summed E-state index contributed by atoms with van der Waals surface area (Å²) in [4.78, 5) is 14.7. The van der Waals surface area contributed by atoms with Crippen LogP contribution in [0, 0.1) is 11.8 Å². The van der Waals surface area contributed by atoms with Crippen LogP contribution >= 0.6 is 0 Å². The van der Waals surface area contributed by atoms with E-state index >= 15 is 0 Å². The number of rotatable bonds is 3. The van der Waals surface area contributed by atoms with Crippen LogP contribution in [0.4, 0.5) is 0 Å². The first-order chi connectivity index (χ1) is 10.3. The van der Waals surface area contributed by atoms with Crippen molar-refractivity contribution in [2.24, 2.45) is 17.6 Å². The first-order valence-corrected chi connectivity index (χ1v) is 8.31. The highest BCUT2D eigenvalue weighted by molar-refractivity contribution is 5.79. The van der Waals surface area contributed by atoms with Crippen LogP contribution in [-0.4, -0.2) is 30.4 Å².